The van der Waals surface area contributed by atoms with E-state index in [2.05, 4.69) is 28.4 Å². The van der Waals surface area contributed by atoms with E-state index in [9.17, 15) is 14.9 Å². The Morgan fingerprint density at radius 2 is 2.07 bits per heavy atom. The van der Waals surface area contributed by atoms with Gasteiger partial charge >= 0.3 is 0 Å². The van der Waals surface area contributed by atoms with Gasteiger partial charge in [-0.2, -0.15) is 5.26 Å². The summed E-state index contributed by atoms with van der Waals surface area (Å²) in [4.78, 5) is 29.0. The van der Waals surface area contributed by atoms with E-state index in [1.165, 1.54) is 22.5 Å². The number of thioether (sulfide) groups is 1. The number of aryl methyl sites for hydroxylation is 1. The molecule has 0 aliphatic heterocycles. The Kier molecular flexibility index (Phi) is 7.46. The second-order valence-electron chi connectivity index (χ2n) is 6.70. The van der Waals surface area contributed by atoms with Crippen molar-refractivity contribution in [3.63, 3.8) is 0 Å². The molecule has 3 aromatic rings. The number of carbonyl (C=O) groups is 1. The predicted molar refractivity (Wildman–Crippen MR) is 118 cm³/mol. The number of nitriles is 1. The van der Waals surface area contributed by atoms with Gasteiger partial charge in [0.15, 0.2) is 0 Å². The minimum Gasteiger partial charge on any atom is -0.311 e. The number of benzene rings is 1. The minimum atomic E-state index is -0.252. The number of nitrogens with one attached hydrogen (secondary N) is 2. The second kappa shape index (κ2) is 10.5. The first-order valence-electron chi connectivity index (χ1n) is 9.81. The highest BCUT2D eigenvalue weighted by atomic mass is 32.2. The normalized spacial score (nSPS) is 10.5. The molecule has 0 saturated carbocycles. The van der Waals surface area contributed by atoms with Crippen molar-refractivity contribution in [3.8, 4) is 11.8 Å². The molecule has 2 N–H and O–H groups in total. The molecule has 0 bridgehead atoms. The zero-order valence-electron chi connectivity index (χ0n) is 16.7. The van der Waals surface area contributed by atoms with E-state index in [0.29, 0.717) is 27.8 Å². The van der Waals surface area contributed by atoms with E-state index < -0.39 is 0 Å². The predicted octanol–water partition coefficient (Wildman–Crippen LogP) is 3.90. The number of aromatic nitrogens is 3. The highest BCUT2D eigenvalue weighted by Crippen LogP contribution is 2.22. The molecule has 2 aromatic heterocycles. The average Bonchev–Trinajstić information content (AvgIpc) is 3.12. The maximum atomic E-state index is 12.3. The van der Waals surface area contributed by atoms with Crippen LogP contribution in [0.25, 0.3) is 5.69 Å². The standard InChI is InChI=1S/C22H23N5O2S/c1-2-3-7-17-11-10-16(15-23)22(24-17)30-13-12-20(28)25-19-14-21(29)27(26-19)18-8-5-4-6-9-18/h4-6,8-11,14,26H,2-3,7,12-13H2,1H3,(H,25,28). The summed E-state index contributed by atoms with van der Waals surface area (Å²) in [5, 5.41) is 15.6. The van der Waals surface area contributed by atoms with E-state index in [4.69, 9.17) is 0 Å². The Balaban J connectivity index is 1.57. The molecule has 0 radical (unpaired) electrons. The Hall–Kier alpha value is -3.31. The SMILES string of the molecule is CCCCc1ccc(C#N)c(SCCC(=O)Nc2cc(=O)n(-c3ccccc3)[nH]2)n1. The van der Waals surface area contributed by atoms with Crippen LogP contribution in [0.3, 0.4) is 0 Å². The molecule has 0 aliphatic rings. The van der Waals surface area contributed by atoms with Crippen LogP contribution in [0, 0.1) is 11.3 Å². The number of hydrogen-bond donors (Lipinski definition) is 2. The number of unbranched alkanes of at least 4 members (excludes halogenated alkanes) is 1. The zero-order chi connectivity index (χ0) is 21.3. The van der Waals surface area contributed by atoms with Crippen LogP contribution < -0.4 is 10.9 Å². The fourth-order valence-corrected chi connectivity index (χ4v) is 3.78. The second-order valence-corrected chi connectivity index (χ2v) is 7.78. The van der Waals surface area contributed by atoms with Crippen LogP contribution in [-0.4, -0.2) is 26.4 Å². The van der Waals surface area contributed by atoms with Gasteiger partial charge in [0.05, 0.1) is 11.3 Å². The van der Waals surface area contributed by atoms with Crippen molar-refractivity contribution in [3.05, 3.63) is 70.1 Å². The molecule has 0 saturated heterocycles. The van der Waals surface area contributed by atoms with E-state index in [1.54, 1.807) is 18.2 Å². The number of amides is 1. The smallest absolute Gasteiger partial charge is 0.273 e. The van der Waals surface area contributed by atoms with Crippen molar-refractivity contribution >= 4 is 23.5 Å². The molecule has 7 nitrogen and oxygen atoms in total. The van der Waals surface area contributed by atoms with E-state index >= 15 is 0 Å². The van der Waals surface area contributed by atoms with Gasteiger partial charge in [0.2, 0.25) is 5.91 Å². The van der Waals surface area contributed by atoms with Crippen LogP contribution in [0.4, 0.5) is 5.82 Å². The zero-order valence-corrected chi connectivity index (χ0v) is 17.5. The molecule has 0 spiro atoms. The summed E-state index contributed by atoms with van der Waals surface area (Å²) < 4.78 is 1.37. The molecular weight excluding hydrogens is 398 g/mol. The number of nitrogens with zero attached hydrogens (tertiary/aromatic N) is 3. The summed E-state index contributed by atoms with van der Waals surface area (Å²) in [5.41, 5.74) is 1.92. The third kappa shape index (κ3) is 5.61. The van der Waals surface area contributed by atoms with Crippen molar-refractivity contribution in [2.24, 2.45) is 0 Å². The van der Waals surface area contributed by atoms with Gasteiger partial charge in [0, 0.05) is 23.9 Å². The topological polar surface area (TPSA) is 104 Å². The van der Waals surface area contributed by atoms with Crippen molar-refractivity contribution in [2.75, 3.05) is 11.1 Å². The molecule has 3 rings (SSSR count). The summed E-state index contributed by atoms with van der Waals surface area (Å²) in [5.74, 6) is 0.606. The van der Waals surface area contributed by atoms with Crippen LogP contribution >= 0.6 is 11.8 Å². The first-order chi connectivity index (χ1) is 14.6. The Bertz CT molecular complexity index is 1100. The van der Waals surface area contributed by atoms with E-state index in [1.807, 2.05) is 24.3 Å². The number of para-hydroxylation sites is 1. The maximum absolute atomic E-state index is 12.3. The van der Waals surface area contributed by atoms with Gasteiger partial charge in [-0.25, -0.2) is 9.67 Å². The Morgan fingerprint density at radius 1 is 1.27 bits per heavy atom. The molecule has 1 amide bonds. The Labute approximate surface area is 179 Å². The number of carbonyl (C=O) groups excluding carboxylic acids is 1. The molecule has 0 unspecified atom stereocenters. The summed E-state index contributed by atoms with van der Waals surface area (Å²) >= 11 is 1.39. The number of aromatic amines is 1. The summed E-state index contributed by atoms with van der Waals surface area (Å²) in [6, 6.07) is 16.3. The third-order valence-electron chi connectivity index (χ3n) is 4.40. The first-order valence-corrected chi connectivity index (χ1v) is 10.8. The van der Waals surface area contributed by atoms with Gasteiger partial charge in [0.1, 0.15) is 16.9 Å². The van der Waals surface area contributed by atoms with Crippen LogP contribution in [0.2, 0.25) is 0 Å². The summed E-state index contributed by atoms with van der Waals surface area (Å²) in [6.45, 7) is 2.12. The molecule has 8 heteroatoms. The summed E-state index contributed by atoms with van der Waals surface area (Å²) in [7, 11) is 0. The quantitative estimate of drug-likeness (QED) is 0.510. The highest BCUT2D eigenvalue weighted by molar-refractivity contribution is 7.99. The lowest BCUT2D eigenvalue weighted by Crippen LogP contribution is -2.14. The Morgan fingerprint density at radius 3 is 2.80 bits per heavy atom. The van der Waals surface area contributed by atoms with E-state index in [0.717, 1.165) is 25.0 Å². The van der Waals surface area contributed by atoms with Crippen molar-refractivity contribution in [1.82, 2.24) is 14.8 Å². The lowest BCUT2D eigenvalue weighted by atomic mass is 10.2. The van der Waals surface area contributed by atoms with Crippen LogP contribution in [0.5, 0.6) is 0 Å². The van der Waals surface area contributed by atoms with Crippen molar-refractivity contribution in [2.45, 2.75) is 37.6 Å². The number of anilines is 1. The average molecular weight is 422 g/mol. The minimum absolute atomic E-state index is 0.218. The van der Waals surface area contributed by atoms with Gasteiger partial charge in [0.25, 0.3) is 5.56 Å². The highest BCUT2D eigenvalue weighted by Gasteiger charge is 2.11. The molecule has 0 aliphatic carbocycles. The molecule has 154 valence electrons. The van der Waals surface area contributed by atoms with Gasteiger partial charge < -0.3 is 5.32 Å². The fourth-order valence-electron chi connectivity index (χ4n) is 2.85. The molecule has 1 aromatic carbocycles. The van der Waals surface area contributed by atoms with Crippen LogP contribution in [0.15, 0.2) is 58.4 Å². The molecular formula is C22H23N5O2S. The van der Waals surface area contributed by atoms with Crippen molar-refractivity contribution in [1.29, 1.82) is 5.26 Å². The lowest BCUT2D eigenvalue weighted by molar-refractivity contribution is -0.115. The van der Waals surface area contributed by atoms with Crippen molar-refractivity contribution < 1.29 is 4.79 Å². The fraction of sp³-hybridized carbons (Fsp3) is 0.273. The number of rotatable bonds is 9. The molecule has 0 atom stereocenters. The van der Waals surface area contributed by atoms with Gasteiger partial charge in [-0.3, -0.25) is 14.7 Å². The molecule has 0 fully saturated rings. The largest absolute Gasteiger partial charge is 0.311 e. The maximum Gasteiger partial charge on any atom is 0.273 e. The van der Waals surface area contributed by atoms with Gasteiger partial charge in [-0.1, -0.05) is 31.5 Å². The van der Waals surface area contributed by atoms with Gasteiger partial charge in [-0.05, 0) is 37.1 Å². The number of pyridine rings is 1. The van der Waals surface area contributed by atoms with Gasteiger partial charge in [-0.15, -0.1) is 11.8 Å². The number of hydrogen-bond acceptors (Lipinski definition) is 5. The third-order valence-corrected chi connectivity index (χ3v) is 5.39. The molecule has 30 heavy (non-hydrogen) atoms. The lowest BCUT2D eigenvalue weighted by Gasteiger charge is -2.07. The van der Waals surface area contributed by atoms with E-state index in [-0.39, 0.29) is 17.9 Å². The number of H-pyrrole nitrogens is 1. The van der Waals surface area contributed by atoms with Crippen LogP contribution in [0.1, 0.15) is 37.4 Å². The summed E-state index contributed by atoms with van der Waals surface area (Å²) in [6.07, 6.45) is 3.24. The molecule has 2 heterocycles. The monoisotopic (exact) mass is 421 g/mol. The first kappa shape index (κ1) is 21.4. The van der Waals surface area contributed by atoms with Crippen LogP contribution in [-0.2, 0) is 11.2 Å².